The van der Waals surface area contributed by atoms with Gasteiger partial charge in [0.2, 0.25) is 5.91 Å². The second-order valence-electron chi connectivity index (χ2n) is 9.83. The second kappa shape index (κ2) is 11.5. The molecule has 1 atom stereocenters. The van der Waals surface area contributed by atoms with E-state index in [4.69, 9.17) is 4.74 Å². The number of nitrogens with one attached hydrogen (secondary N) is 2. The number of benzene rings is 3. The number of para-hydroxylation sites is 1. The van der Waals surface area contributed by atoms with E-state index < -0.39 is 0 Å². The Morgan fingerprint density at radius 1 is 1.11 bits per heavy atom. The van der Waals surface area contributed by atoms with Crippen LogP contribution in [0, 0.1) is 0 Å². The molecule has 0 saturated carbocycles. The summed E-state index contributed by atoms with van der Waals surface area (Å²) >= 11 is 0. The van der Waals surface area contributed by atoms with Gasteiger partial charge in [-0.3, -0.25) is 9.69 Å². The van der Waals surface area contributed by atoms with Crippen LogP contribution in [-0.4, -0.2) is 35.4 Å². The molecule has 6 heteroatoms. The lowest BCUT2D eigenvalue weighted by molar-refractivity contribution is -0.134. The average molecular weight is 508 g/mol. The summed E-state index contributed by atoms with van der Waals surface area (Å²) in [5.74, 6) is -0.419. The van der Waals surface area contributed by atoms with Crippen molar-refractivity contribution >= 4 is 34.5 Å². The van der Waals surface area contributed by atoms with Gasteiger partial charge in [-0.2, -0.15) is 0 Å². The molecule has 0 fully saturated rings. The fourth-order valence-corrected chi connectivity index (χ4v) is 5.41. The number of anilines is 1. The van der Waals surface area contributed by atoms with Gasteiger partial charge in [0.1, 0.15) is 0 Å². The second-order valence-corrected chi connectivity index (χ2v) is 9.83. The highest BCUT2D eigenvalue weighted by atomic mass is 16.5. The fraction of sp³-hybridized carbons (Fsp3) is 0.250. The minimum absolute atomic E-state index is 0.0681. The minimum atomic E-state index is -0.351. The highest BCUT2D eigenvalue weighted by Gasteiger charge is 2.28. The standard InChI is InChI=1S/C32H33N3O3/c1-22(36)34-27-12-7-24(8-13-27)21-35(18-17-26-20-33-30-6-4-3-5-28(26)30)31-15-11-25-19-23(9-14-29(25)31)10-16-32(37)38-2/h3-10,12-14,16,19-20,31,33H,11,15,17-18,21H2,1-2H3,(H,34,36)/b16-10+. The lowest BCUT2D eigenvalue weighted by Crippen LogP contribution is -2.29. The molecule has 1 heterocycles. The van der Waals surface area contributed by atoms with E-state index in [1.807, 2.05) is 18.2 Å². The Bertz CT molecular complexity index is 1470. The Balaban J connectivity index is 1.38. The predicted molar refractivity (Wildman–Crippen MR) is 152 cm³/mol. The summed E-state index contributed by atoms with van der Waals surface area (Å²) in [5, 5.41) is 4.13. The lowest BCUT2D eigenvalue weighted by Gasteiger charge is -2.30. The summed E-state index contributed by atoms with van der Waals surface area (Å²) < 4.78 is 4.72. The van der Waals surface area contributed by atoms with E-state index in [0.29, 0.717) is 6.04 Å². The average Bonchev–Trinajstić information content (AvgIpc) is 3.54. The molecule has 1 amide bonds. The number of carbonyl (C=O) groups is 2. The highest BCUT2D eigenvalue weighted by Crippen LogP contribution is 2.37. The van der Waals surface area contributed by atoms with Crippen molar-refractivity contribution in [1.82, 2.24) is 9.88 Å². The van der Waals surface area contributed by atoms with E-state index >= 15 is 0 Å². The molecule has 1 aromatic heterocycles. The van der Waals surface area contributed by atoms with Gasteiger partial charge in [-0.25, -0.2) is 4.79 Å². The highest BCUT2D eigenvalue weighted by molar-refractivity contribution is 5.88. The summed E-state index contributed by atoms with van der Waals surface area (Å²) in [6.07, 6.45) is 8.41. The number of hydrogen-bond acceptors (Lipinski definition) is 4. The Hall–Kier alpha value is -4.16. The molecule has 1 unspecified atom stereocenters. The molecule has 6 nitrogen and oxygen atoms in total. The third kappa shape index (κ3) is 5.87. The molecule has 1 aliphatic rings. The smallest absolute Gasteiger partial charge is 0.330 e. The number of aromatic nitrogens is 1. The number of hydrogen-bond donors (Lipinski definition) is 2. The SMILES string of the molecule is COC(=O)/C=C/c1ccc2c(c1)CCC2N(CCc1c[nH]c2ccccc12)Cc1ccc(NC(C)=O)cc1. The molecule has 0 aliphatic heterocycles. The number of H-pyrrole nitrogens is 1. The molecule has 0 spiro atoms. The van der Waals surface area contributed by atoms with E-state index in [2.05, 4.69) is 76.0 Å². The van der Waals surface area contributed by atoms with Crippen LogP contribution < -0.4 is 5.32 Å². The van der Waals surface area contributed by atoms with Gasteiger partial charge in [0, 0.05) is 54.9 Å². The van der Waals surface area contributed by atoms with E-state index in [9.17, 15) is 9.59 Å². The number of aromatic amines is 1. The molecule has 4 aromatic rings. The Morgan fingerprint density at radius 3 is 2.71 bits per heavy atom. The minimum Gasteiger partial charge on any atom is -0.466 e. The van der Waals surface area contributed by atoms with E-state index in [1.165, 1.54) is 53.3 Å². The number of rotatable bonds is 9. The largest absolute Gasteiger partial charge is 0.466 e. The van der Waals surface area contributed by atoms with Crippen LogP contribution >= 0.6 is 0 Å². The van der Waals surface area contributed by atoms with Crippen LogP contribution in [0.4, 0.5) is 5.69 Å². The zero-order valence-electron chi connectivity index (χ0n) is 21.9. The zero-order chi connectivity index (χ0) is 26.5. The predicted octanol–water partition coefficient (Wildman–Crippen LogP) is 6.04. The monoisotopic (exact) mass is 507 g/mol. The van der Waals surface area contributed by atoms with Crippen molar-refractivity contribution in [2.75, 3.05) is 19.0 Å². The number of nitrogens with zero attached hydrogens (tertiary/aromatic N) is 1. The van der Waals surface area contributed by atoms with E-state index in [1.54, 1.807) is 0 Å². The number of amides is 1. The number of fused-ring (bicyclic) bond motifs is 2. The number of ether oxygens (including phenoxy) is 1. The molecular weight excluding hydrogens is 474 g/mol. The van der Waals surface area contributed by atoms with Crippen molar-refractivity contribution in [1.29, 1.82) is 0 Å². The third-order valence-corrected chi connectivity index (χ3v) is 7.27. The van der Waals surface area contributed by atoms with Crippen LogP contribution in [0.15, 0.2) is 79.0 Å². The molecule has 5 rings (SSSR count). The number of carbonyl (C=O) groups excluding carboxylic acids is 2. The van der Waals surface area contributed by atoms with Crippen LogP contribution in [0.25, 0.3) is 17.0 Å². The third-order valence-electron chi connectivity index (χ3n) is 7.27. The van der Waals surface area contributed by atoms with Crippen molar-refractivity contribution in [2.45, 2.75) is 38.8 Å². The first kappa shape index (κ1) is 25.5. The molecule has 0 saturated heterocycles. The molecule has 2 N–H and O–H groups in total. The van der Waals surface area contributed by atoms with E-state index in [-0.39, 0.29) is 11.9 Å². The van der Waals surface area contributed by atoms with Gasteiger partial charge in [0.05, 0.1) is 7.11 Å². The quantitative estimate of drug-likeness (QED) is 0.214. The first-order valence-corrected chi connectivity index (χ1v) is 13.0. The van der Waals surface area contributed by atoms with Crippen LogP contribution in [-0.2, 0) is 33.7 Å². The fourth-order valence-electron chi connectivity index (χ4n) is 5.41. The molecule has 38 heavy (non-hydrogen) atoms. The Kier molecular flexibility index (Phi) is 7.70. The molecule has 3 aromatic carbocycles. The normalized spacial score (nSPS) is 14.8. The maximum Gasteiger partial charge on any atom is 0.330 e. The summed E-state index contributed by atoms with van der Waals surface area (Å²) in [4.78, 5) is 28.9. The molecule has 194 valence electrons. The van der Waals surface area contributed by atoms with Crippen LogP contribution in [0.2, 0.25) is 0 Å². The summed E-state index contributed by atoms with van der Waals surface area (Å²) in [5.41, 5.74) is 8.21. The van der Waals surface area contributed by atoms with Crippen molar-refractivity contribution in [3.8, 4) is 0 Å². The van der Waals surface area contributed by atoms with Gasteiger partial charge in [0.25, 0.3) is 0 Å². The number of esters is 1. The Labute approximate surface area is 223 Å². The van der Waals surface area contributed by atoms with Crippen molar-refractivity contribution in [2.24, 2.45) is 0 Å². The van der Waals surface area contributed by atoms with Gasteiger partial charge in [-0.1, -0.05) is 48.5 Å². The maximum atomic E-state index is 11.5. The Morgan fingerprint density at radius 2 is 1.92 bits per heavy atom. The molecular formula is C32H33N3O3. The van der Waals surface area contributed by atoms with E-state index in [0.717, 1.165) is 43.6 Å². The number of methoxy groups -OCH3 is 1. The maximum absolute atomic E-state index is 11.5. The van der Waals surface area contributed by atoms with Gasteiger partial charge in [0.15, 0.2) is 0 Å². The van der Waals surface area contributed by atoms with Crippen LogP contribution in [0.3, 0.4) is 0 Å². The zero-order valence-corrected chi connectivity index (χ0v) is 21.9. The van der Waals surface area contributed by atoms with Gasteiger partial charge in [-0.05, 0) is 71.4 Å². The summed E-state index contributed by atoms with van der Waals surface area (Å²) in [6.45, 7) is 3.26. The summed E-state index contributed by atoms with van der Waals surface area (Å²) in [7, 11) is 1.39. The lowest BCUT2D eigenvalue weighted by atomic mass is 10.0. The summed E-state index contributed by atoms with van der Waals surface area (Å²) in [6, 6.07) is 23.4. The molecule has 0 radical (unpaired) electrons. The van der Waals surface area contributed by atoms with Crippen molar-refractivity contribution < 1.29 is 14.3 Å². The first-order chi connectivity index (χ1) is 18.5. The van der Waals surface area contributed by atoms with Crippen molar-refractivity contribution in [3.63, 3.8) is 0 Å². The topological polar surface area (TPSA) is 74.4 Å². The van der Waals surface area contributed by atoms with Gasteiger partial charge < -0.3 is 15.0 Å². The van der Waals surface area contributed by atoms with Gasteiger partial charge in [-0.15, -0.1) is 0 Å². The first-order valence-electron chi connectivity index (χ1n) is 13.0. The molecule has 1 aliphatic carbocycles. The van der Waals surface area contributed by atoms with Crippen LogP contribution in [0.1, 0.15) is 47.2 Å². The van der Waals surface area contributed by atoms with Gasteiger partial charge >= 0.3 is 5.97 Å². The van der Waals surface area contributed by atoms with Crippen molar-refractivity contribution in [3.05, 3.63) is 107 Å². The van der Waals surface area contributed by atoms with Crippen LogP contribution in [0.5, 0.6) is 0 Å². The molecule has 0 bridgehead atoms. The number of aryl methyl sites for hydroxylation is 1.